The molecular formula is C29H28N2O3. The first-order chi connectivity index (χ1) is 16.7. The minimum absolute atomic E-state index is 0.193. The van der Waals surface area contributed by atoms with E-state index in [1.165, 1.54) is 19.3 Å². The van der Waals surface area contributed by atoms with Gasteiger partial charge in [0.05, 0.1) is 18.3 Å². The highest BCUT2D eigenvalue weighted by atomic mass is 16.5. The monoisotopic (exact) mass is 452 g/mol. The number of carbonyl (C=O) groups is 2. The van der Waals surface area contributed by atoms with E-state index in [0.717, 1.165) is 29.4 Å². The van der Waals surface area contributed by atoms with Gasteiger partial charge in [0.25, 0.3) is 5.91 Å². The largest absolute Gasteiger partial charge is 0.497 e. The van der Waals surface area contributed by atoms with Crippen molar-refractivity contribution in [2.45, 2.75) is 38.1 Å². The van der Waals surface area contributed by atoms with Crippen molar-refractivity contribution in [3.8, 4) is 5.75 Å². The number of fused-ring (bicyclic) bond motifs is 1. The maximum atomic E-state index is 14.0. The summed E-state index contributed by atoms with van der Waals surface area (Å²) in [6.45, 7) is 0. The standard InChI is InChI=1S/C29H28N2O3/c1-34-23-18-16-20(17-19-23)28(32)27-26(30-22-12-6-3-7-13-22)24-14-8-9-15-25(24)31(27)29(33)21-10-4-2-5-11-21/h2,4-5,8-11,14-19,22,30H,3,6-7,12-13H2,1H3. The Balaban J connectivity index is 1.71. The lowest BCUT2D eigenvalue weighted by Gasteiger charge is -2.24. The molecule has 1 saturated carbocycles. The van der Waals surface area contributed by atoms with E-state index in [9.17, 15) is 9.59 Å². The topological polar surface area (TPSA) is 60.3 Å². The molecule has 0 radical (unpaired) electrons. The lowest BCUT2D eigenvalue weighted by atomic mass is 9.95. The third kappa shape index (κ3) is 4.10. The molecule has 0 bridgehead atoms. The molecule has 4 aromatic rings. The summed E-state index contributed by atoms with van der Waals surface area (Å²) in [5, 5.41) is 4.56. The third-order valence-electron chi connectivity index (χ3n) is 6.62. The van der Waals surface area contributed by atoms with E-state index in [0.29, 0.717) is 22.6 Å². The maximum absolute atomic E-state index is 14.0. The smallest absolute Gasteiger partial charge is 0.263 e. The molecule has 0 spiro atoms. The molecule has 1 aliphatic rings. The second-order valence-electron chi connectivity index (χ2n) is 8.78. The molecule has 5 nitrogen and oxygen atoms in total. The summed E-state index contributed by atoms with van der Waals surface area (Å²) in [6.07, 6.45) is 5.69. The molecule has 1 N–H and O–H groups in total. The lowest BCUT2D eigenvalue weighted by Crippen LogP contribution is -2.25. The Morgan fingerprint density at radius 1 is 0.824 bits per heavy atom. The molecule has 0 aliphatic heterocycles. The van der Waals surface area contributed by atoms with Crippen LogP contribution in [-0.4, -0.2) is 29.4 Å². The van der Waals surface area contributed by atoms with E-state index in [1.54, 1.807) is 48.1 Å². The van der Waals surface area contributed by atoms with E-state index < -0.39 is 0 Å². The van der Waals surface area contributed by atoms with Crippen molar-refractivity contribution in [1.29, 1.82) is 0 Å². The first kappa shape index (κ1) is 22.0. The van der Waals surface area contributed by atoms with Crippen LogP contribution in [0.2, 0.25) is 0 Å². The van der Waals surface area contributed by atoms with E-state index >= 15 is 0 Å². The predicted octanol–water partition coefficient (Wildman–Crippen LogP) is 6.31. The Morgan fingerprint density at radius 3 is 2.21 bits per heavy atom. The van der Waals surface area contributed by atoms with E-state index in [2.05, 4.69) is 5.32 Å². The van der Waals surface area contributed by atoms with Crippen molar-refractivity contribution >= 4 is 28.3 Å². The second kappa shape index (κ2) is 9.56. The number of benzene rings is 3. The number of para-hydroxylation sites is 1. The first-order valence-electron chi connectivity index (χ1n) is 11.9. The van der Waals surface area contributed by atoms with Gasteiger partial charge in [-0.05, 0) is 55.3 Å². The number of nitrogens with zero attached hydrogens (tertiary/aromatic N) is 1. The molecule has 0 amide bonds. The summed E-state index contributed by atoms with van der Waals surface area (Å²) < 4.78 is 6.85. The van der Waals surface area contributed by atoms with E-state index in [4.69, 9.17) is 4.74 Å². The van der Waals surface area contributed by atoms with Crippen LogP contribution in [0.4, 0.5) is 5.69 Å². The highest BCUT2D eigenvalue weighted by molar-refractivity contribution is 6.21. The number of hydrogen-bond donors (Lipinski definition) is 1. The number of aromatic nitrogens is 1. The van der Waals surface area contributed by atoms with Crippen LogP contribution in [0.25, 0.3) is 10.9 Å². The van der Waals surface area contributed by atoms with Crippen molar-refractivity contribution < 1.29 is 14.3 Å². The van der Waals surface area contributed by atoms with Crippen molar-refractivity contribution in [3.63, 3.8) is 0 Å². The number of nitrogens with one attached hydrogen (secondary N) is 1. The summed E-state index contributed by atoms with van der Waals surface area (Å²) in [5.41, 5.74) is 2.90. The second-order valence-corrected chi connectivity index (χ2v) is 8.78. The van der Waals surface area contributed by atoms with Gasteiger partial charge in [0.1, 0.15) is 11.4 Å². The zero-order valence-corrected chi connectivity index (χ0v) is 19.3. The van der Waals surface area contributed by atoms with Gasteiger partial charge >= 0.3 is 0 Å². The molecule has 3 aromatic carbocycles. The van der Waals surface area contributed by atoms with Crippen LogP contribution in [-0.2, 0) is 0 Å². The molecule has 1 aliphatic carbocycles. The average Bonchev–Trinajstić information content (AvgIpc) is 3.23. The average molecular weight is 453 g/mol. The quantitative estimate of drug-likeness (QED) is 0.348. The van der Waals surface area contributed by atoms with Gasteiger partial charge in [-0.15, -0.1) is 0 Å². The Bertz CT molecular complexity index is 1320. The summed E-state index contributed by atoms with van der Waals surface area (Å²) >= 11 is 0. The van der Waals surface area contributed by atoms with Crippen LogP contribution < -0.4 is 10.1 Å². The third-order valence-corrected chi connectivity index (χ3v) is 6.62. The van der Waals surface area contributed by atoms with Gasteiger partial charge < -0.3 is 10.1 Å². The minimum atomic E-state index is -0.217. The zero-order valence-electron chi connectivity index (χ0n) is 19.3. The molecule has 1 aromatic heterocycles. The van der Waals surface area contributed by atoms with Gasteiger partial charge in [-0.2, -0.15) is 0 Å². The fourth-order valence-electron chi connectivity index (χ4n) is 4.85. The number of methoxy groups -OCH3 is 1. The van der Waals surface area contributed by atoms with Crippen LogP contribution in [0.1, 0.15) is 58.5 Å². The normalized spacial score (nSPS) is 14.1. The highest BCUT2D eigenvalue weighted by Gasteiger charge is 2.29. The Labute approximate surface area is 199 Å². The van der Waals surface area contributed by atoms with Crippen molar-refractivity contribution in [1.82, 2.24) is 4.57 Å². The molecule has 1 fully saturated rings. The molecular weight excluding hydrogens is 424 g/mol. The molecule has 0 atom stereocenters. The SMILES string of the molecule is COc1ccc(C(=O)c2c(NC3CCCCC3)c3ccccc3n2C(=O)c2ccccc2)cc1. The van der Waals surface area contributed by atoms with Gasteiger partial charge in [0, 0.05) is 22.6 Å². The number of hydrogen-bond acceptors (Lipinski definition) is 4. The van der Waals surface area contributed by atoms with Crippen LogP contribution in [0.3, 0.4) is 0 Å². The highest BCUT2D eigenvalue weighted by Crippen LogP contribution is 2.36. The number of rotatable bonds is 6. The van der Waals surface area contributed by atoms with Gasteiger partial charge in [-0.25, -0.2) is 0 Å². The van der Waals surface area contributed by atoms with Crippen LogP contribution in [0.15, 0.2) is 78.9 Å². The first-order valence-corrected chi connectivity index (χ1v) is 11.9. The molecule has 5 rings (SSSR count). The molecule has 172 valence electrons. The van der Waals surface area contributed by atoms with Gasteiger partial charge in [-0.1, -0.05) is 55.7 Å². The summed E-state index contributed by atoms with van der Waals surface area (Å²) in [5.74, 6) is 0.268. The maximum Gasteiger partial charge on any atom is 0.263 e. The molecule has 0 unspecified atom stereocenters. The lowest BCUT2D eigenvalue weighted by molar-refractivity contribution is 0.0938. The predicted molar refractivity (Wildman–Crippen MR) is 135 cm³/mol. The zero-order chi connectivity index (χ0) is 23.5. The Morgan fingerprint density at radius 2 is 1.50 bits per heavy atom. The van der Waals surface area contributed by atoms with Gasteiger partial charge in [0.15, 0.2) is 0 Å². The Kier molecular flexibility index (Phi) is 6.17. The minimum Gasteiger partial charge on any atom is -0.497 e. The molecule has 1 heterocycles. The Hall–Kier alpha value is -3.86. The van der Waals surface area contributed by atoms with Crippen LogP contribution in [0, 0.1) is 0 Å². The molecule has 34 heavy (non-hydrogen) atoms. The molecule has 0 saturated heterocycles. The van der Waals surface area contributed by atoms with E-state index in [1.807, 2.05) is 42.5 Å². The number of ether oxygens (including phenoxy) is 1. The fraction of sp³-hybridized carbons (Fsp3) is 0.241. The van der Waals surface area contributed by atoms with Crippen molar-refractivity contribution in [3.05, 3.63) is 95.7 Å². The summed E-state index contributed by atoms with van der Waals surface area (Å²) in [7, 11) is 1.60. The van der Waals surface area contributed by atoms with Gasteiger partial charge in [0.2, 0.25) is 5.78 Å². The summed E-state index contributed by atoms with van der Waals surface area (Å²) in [4.78, 5) is 27.8. The van der Waals surface area contributed by atoms with Gasteiger partial charge in [-0.3, -0.25) is 14.2 Å². The fourth-order valence-corrected chi connectivity index (χ4v) is 4.85. The van der Waals surface area contributed by atoms with Crippen molar-refractivity contribution in [2.24, 2.45) is 0 Å². The van der Waals surface area contributed by atoms with E-state index in [-0.39, 0.29) is 17.7 Å². The number of carbonyl (C=O) groups excluding carboxylic acids is 2. The molecule has 5 heteroatoms. The van der Waals surface area contributed by atoms with Crippen molar-refractivity contribution in [2.75, 3.05) is 12.4 Å². The number of ketones is 1. The number of anilines is 1. The van der Waals surface area contributed by atoms with Crippen LogP contribution >= 0.6 is 0 Å². The van der Waals surface area contributed by atoms with Crippen LogP contribution in [0.5, 0.6) is 5.75 Å². The summed E-state index contributed by atoms with van der Waals surface area (Å²) in [6, 6.07) is 24.2.